The lowest BCUT2D eigenvalue weighted by atomic mass is 10.0. The van der Waals surface area contributed by atoms with Crippen molar-refractivity contribution in [3.8, 4) is 11.5 Å². The van der Waals surface area contributed by atoms with Crippen molar-refractivity contribution in [2.45, 2.75) is 6.92 Å². The molecular formula is C27H21N3O3S. The van der Waals surface area contributed by atoms with Gasteiger partial charge in [0.2, 0.25) is 0 Å². The van der Waals surface area contributed by atoms with Crippen molar-refractivity contribution in [3.05, 3.63) is 95.7 Å². The van der Waals surface area contributed by atoms with E-state index in [1.54, 1.807) is 30.3 Å². The van der Waals surface area contributed by atoms with E-state index in [1.165, 1.54) is 4.90 Å². The third kappa shape index (κ3) is 3.76. The van der Waals surface area contributed by atoms with Crippen molar-refractivity contribution in [1.29, 1.82) is 0 Å². The molecule has 2 amide bonds. The third-order valence-corrected chi connectivity index (χ3v) is 6.20. The summed E-state index contributed by atoms with van der Waals surface area (Å²) in [4.78, 5) is 27.5. The molecule has 0 unspecified atom stereocenters. The van der Waals surface area contributed by atoms with Gasteiger partial charge in [-0.15, -0.1) is 0 Å². The van der Waals surface area contributed by atoms with Gasteiger partial charge in [-0.05, 0) is 67.7 Å². The number of hydrogen-bond acceptors (Lipinski definition) is 4. The van der Waals surface area contributed by atoms with Gasteiger partial charge < -0.3 is 9.30 Å². The first-order valence-electron chi connectivity index (χ1n) is 10.7. The molecule has 5 rings (SSSR count). The molecule has 0 atom stereocenters. The zero-order valence-electron chi connectivity index (χ0n) is 18.6. The van der Waals surface area contributed by atoms with Crippen molar-refractivity contribution in [3.63, 3.8) is 0 Å². The fourth-order valence-corrected chi connectivity index (χ4v) is 4.34. The molecule has 7 heteroatoms. The van der Waals surface area contributed by atoms with E-state index in [9.17, 15) is 9.59 Å². The molecule has 0 spiro atoms. The molecule has 1 aliphatic heterocycles. The number of nitrogens with zero attached hydrogens (tertiary/aromatic N) is 2. The van der Waals surface area contributed by atoms with Gasteiger partial charge in [-0.2, -0.15) is 0 Å². The molecule has 3 aromatic carbocycles. The maximum atomic E-state index is 13.5. The Bertz CT molecular complexity index is 1470. The maximum Gasteiger partial charge on any atom is 0.270 e. The molecule has 0 bridgehead atoms. The van der Waals surface area contributed by atoms with Crippen LogP contribution in [0, 0.1) is 6.92 Å². The number of amides is 2. The minimum atomic E-state index is -0.511. The van der Waals surface area contributed by atoms with Crippen LogP contribution in [-0.4, -0.2) is 21.5 Å². The maximum absolute atomic E-state index is 13.5. The van der Waals surface area contributed by atoms with Crippen LogP contribution in [0.15, 0.2) is 84.4 Å². The minimum absolute atomic E-state index is 0.0256. The number of aryl methyl sites for hydroxylation is 1. The molecule has 168 valence electrons. The summed E-state index contributed by atoms with van der Waals surface area (Å²) < 4.78 is 7.87. The number of para-hydroxylation sites is 2. The monoisotopic (exact) mass is 467 g/mol. The number of ether oxygens (including phenoxy) is 1. The fourth-order valence-electron chi connectivity index (χ4n) is 4.06. The molecule has 1 fully saturated rings. The fraction of sp³-hybridized carbons (Fsp3) is 0.0741. The van der Waals surface area contributed by atoms with Crippen molar-refractivity contribution in [2.24, 2.45) is 7.05 Å². The normalized spacial score (nSPS) is 15.2. The SMILES string of the molecule is Cc1c(C=C2C(=O)NC(=S)N(c3ccc(Oc4ccccc4)cc3)C2=O)c2ccccc2n1C. The second-order valence-corrected chi connectivity index (χ2v) is 8.33. The highest BCUT2D eigenvalue weighted by atomic mass is 32.1. The van der Waals surface area contributed by atoms with Crippen LogP contribution < -0.4 is 15.0 Å². The van der Waals surface area contributed by atoms with Gasteiger partial charge in [-0.25, -0.2) is 0 Å². The van der Waals surface area contributed by atoms with Crippen LogP contribution in [0.25, 0.3) is 17.0 Å². The van der Waals surface area contributed by atoms with E-state index in [0.29, 0.717) is 17.2 Å². The van der Waals surface area contributed by atoms with Crippen LogP contribution in [0.2, 0.25) is 0 Å². The van der Waals surface area contributed by atoms with E-state index in [2.05, 4.69) is 5.32 Å². The van der Waals surface area contributed by atoms with Crippen LogP contribution in [0.3, 0.4) is 0 Å². The molecule has 34 heavy (non-hydrogen) atoms. The lowest BCUT2D eigenvalue weighted by molar-refractivity contribution is -0.122. The van der Waals surface area contributed by atoms with Crippen molar-refractivity contribution in [1.82, 2.24) is 9.88 Å². The molecule has 0 saturated carbocycles. The predicted molar refractivity (Wildman–Crippen MR) is 137 cm³/mol. The molecular weight excluding hydrogens is 446 g/mol. The molecule has 2 heterocycles. The average molecular weight is 468 g/mol. The highest BCUT2D eigenvalue weighted by molar-refractivity contribution is 7.80. The van der Waals surface area contributed by atoms with Crippen molar-refractivity contribution in [2.75, 3.05) is 4.90 Å². The van der Waals surface area contributed by atoms with Gasteiger partial charge in [0.25, 0.3) is 11.8 Å². The Kier molecular flexibility index (Phi) is 5.47. The van der Waals surface area contributed by atoms with Gasteiger partial charge >= 0.3 is 0 Å². The molecule has 6 nitrogen and oxygen atoms in total. The van der Waals surface area contributed by atoms with E-state index in [-0.39, 0.29) is 10.7 Å². The Morgan fingerprint density at radius 2 is 1.53 bits per heavy atom. The van der Waals surface area contributed by atoms with Crippen LogP contribution in [0.1, 0.15) is 11.3 Å². The Morgan fingerprint density at radius 1 is 0.882 bits per heavy atom. The van der Waals surface area contributed by atoms with Gasteiger partial charge in [0, 0.05) is 29.2 Å². The van der Waals surface area contributed by atoms with E-state index in [1.807, 2.05) is 73.1 Å². The third-order valence-electron chi connectivity index (χ3n) is 5.91. The summed E-state index contributed by atoms with van der Waals surface area (Å²) in [6.45, 7) is 1.96. The molecule has 1 N–H and O–H groups in total. The van der Waals surface area contributed by atoms with Crippen LogP contribution in [0.5, 0.6) is 11.5 Å². The van der Waals surface area contributed by atoms with Crippen LogP contribution in [0.4, 0.5) is 5.69 Å². The van der Waals surface area contributed by atoms with Crippen LogP contribution >= 0.6 is 12.2 Å². The topological polar surface area (TPSA) is 63.6 Å². The molecule has 4 aromatic rings. The summed E-state index contributed by atoms with van der Waals surface area (Å²) in [5, 5.41) is 3.66. The number of carbonyl (C=O) groups excluding carboxylic acids is 2. The zero-order chi connectivity index (χ0) is 23.8. The Balaban J connectivity index is 1.49. The van der Waals surface area contributed by atoms with E-state index >= 15 is 0 Å². The van der Waals surface area contributed by atoms with E-state index in [0.717, 1.165) is 22.2 Å². The highest BCUT2D eigenvalue weighted by Gasteiger charge is 2.35. The number of benzene rings is 3. The number of anilines is 1. The van der Waals surface area contributed by atoms with Gasteiger partial charge in [0.1, 0.15) is 17.1 Å². The zero-order valence-corrected chi connectivity index (χ0v) is 19.4. The number of nitrogens with one attached hydrogen (secondary N) is 1. The first-order valence-corrected chi connectivity index (χ1v) is 11.1. The van der Waals surface area contributed by atoms with E-state index in [4.69, 9.17) is 17.0 Å². The molecule has 1 aliphatic rings. The number of hydrogen-bond donors (Lipinski definition) is 1. The predicted octanol–water partition coefficient (Wildman–Crippen LogP) is 5.11. The molecule has 1 aromatic heterocycles. The second-order valence-electron chi connectivity index (χ2n) is 7.94. The van der Waals surface area contributed by atoms with Crippen molar-refractivity contribution >= 4 is 51.8 Å². The molecule has 0 radical (unpaired) electrons. The smallest absolute Gasteiger partial charge is 0.270 e. The van der Waals surface area contributed by atoms with Crippen LogP contribution in [-0.2, 0) is 16.6 Å². The Labute approximate surface area is 202 Å². The Morgan fingerprint density at radius 3 is 2.26 bits per heavy atom. The first-order chi connectivity index (χ1) is 16.4. The van der Waals surface area contributed by atoms with E-state index < -0.39 is 11.8 Å². The summed E-state index contributed by atoms with van der Waals surface area (Å²) in [6, 6.07) is 24.3. The second kappa shape index (κ2) is 8.61. The number of rotatable bonds is 4. The number of carbonyl (C=O) groups is 2. The lowest BCUT2D eigenvalue weighted by Crippen LogP contribution is -2.54. The first kappa shape index (κ1) is 21.6. The summed E-state index contributed by atoms with van der Waals surface area (Å²) in [5.74, 6) is 0.347. The lowest BCUT2D eigenvalue weighted by Gasteiger charge is -2.29. The number of aromatic nitrogens is 1. The summed E-state index contributed by atoms with van der Waals surface area (Å²) in [7, 11) is 1.96. The largest absolute Gasteiger partial charge is 0.457 e. The van der Waals surface area contributed by atoms with Crippen molar-refractivity contribution < 1.29 is 14.3 Å². The van der Waals surface area contributed by atoms with Gasteiger partial charge in [0.05, 0.1) is 5.69 Å². The summed E-state index contributed by atoms with van der Waals surface area (Å²) in [6.07, 6.45) is 1.65. The molecule has 1 saturated heterocycles. The van der Waals surface area contributed by atoms with Gasteiger partial charge in [0.15, 0.2) is 5.11 Å². The molecule has 0 aliphatic carbocycles. The average Bonchev–Trinajstić information content (AvgIpc) is 3.08. The Hall–Kier alpha value is -4.23. The highest BCUT2D eigenvalue weighted by Crippen LogP contribution is 2.30. The van der Waals surface area contributed by atoms with Gasteiger partial charge in [-0.3, -0.25) is 19.8 Å². The standard InChI is InChI=1S/C27H21N3O3S/c1-17-22(21-10-6-7-11-24(21)29(17)2)16-23-25(31)28-27(34)30(26(23)32)18-12-14-20(15-13-18)33-19-8-4-3-5-9-19/h3-16H,1-2H3,(H,28,31,34). The van der Waals surface area contributed by atoms with Gasteiger partial charge in [-0.1, -0.05) is 36.4 Å². The summed E-state index contributed by atoms with van der Waals surface area (Å²) >= 11 is 5.34. The number of thiocarbonyl (C=S) groups is 1. The minimum Gasteiger partial charge on any atom is -0.457 e. The summed E-state index contributed by atoms with van der Waals surface area (Å²) in [5.41, 5.74) is 3.37. The number of fused-ring (bicyclic) bond motifs is 1. The quantitative estimate of drug-likeness (QED) is 0.257.